The molecule has 1 rings (SSSR count). The minimum atomic E-state index is -4.48. The topological polar surface area (TPSA) is 38.3 Å². The van der Waals surface area contributed by atoms with Crippen LogP contribution in [-0.4, -0.2) is 12.5 Å². The van der Waals surface area contributed by atoms with Gasteiger partial charge in [-0.05, 0) is 31.5 Å². The summed E-state index contributed by atoms with van der Waals surface area (Å²) in [5.74, 6) is -0.318. The Balaban J connectivity index is 3.03. The summed E-state index contributed by atoms with van der Waals surface area (Å²) in [6.07, 6.45) is 2.31. The van der Waals surface area contributed by atoms with Crippen LogP contribution in [0.3, 0.4) is 0 Å². The van der Waals surface area contributed by atoms with Crippen LogP contribution < -0.4 is 10.1 Å². The van der Waals surface area contributed by atoms with Crippen molar-refractivity contribution >= 4 is 11.6 Å². The second-order valence-corrected chi connectivity index (χ2v) is 4.43. The molecular weight excluding hydrogens is 295 g/mol. The van der Waals surface area contributed by atoms with E-state index in [9.17, 15) is 18.0 Å². The lowest BCUT2D eigenvalue weighted by Crippen LogP contribution is -2.12. The van der Waals surface area contributed by atoms with Gasteiger partial charge >= 0.3 is 6.18 Å². The molecule has 0 aliphatic heterocycles. The van der Waals surface area contributed by atoms with Crippen LogP contribution in [0.1, 0.15) is 25.8 Å². The lowest BCUT2D eigenvalue weighted by molar-refractivity contribution is -0.137. The second kappa shape index (κ2) is 8.26. The molecule has 0 unspecified atom stereocenters. The highest BCUT2D eigenvalue weighted by molar-refractivity contribution is 6.00. The first-order chi connectivity index (χ1) is 10.4. The Morgan fingerprint density at radius 2 is 2.05 bits per heavy atom. The normalized spacial score (nSPS) is 12.0. The van der Waals surface area contributed by atoms with Gasteiger partial charge in [-0.1, -0.05) is 25.2 Å². The average molecular weight is 313 g/mol. The molecule has 0 fully saturated rings. The summed E-state index contributed by atoms with van der Waals surface area (Å²) in [6, 6.07) is 3.01. The summed E-state index contributed by atoms with van der Waals surface area (Å²) in [5, 5.41) is 2.41. The van der Waals surface area contributed by atoms with Crippen molar-refractivity contribution in [1.29, 1.82) is 0 Å². The first-order valence-corrected chi connectivity index (χ1v) is 6.83. The second-order valence-electron chi connectivity index (χ2n) is 4.43. The van der Waals surface area contributed by atoms with Gasteiger partial charge in [-0.25, -0.2) is 0 Å². The van der Waals surface area contributed by atoms with E-state index >= 15 is 0 Å². The maximum Gasteiger partial charge on any atom is 0.416 e. The van der Waals surface area contributed by atoms with Crippen molar-refractivity contribution in [1.82, 2.24) is 0 Å². The lowest BCUT2D eigenvalue weighted by Gasteiger charge is -2.14. The Hall–Kier alpha value is -2.24. The van der Waals surface area contributed by atoms with Crippen LogP contribution in [0.5, 0.6) is 5.75 Å². The highest BCUT2D eigenvalue weighted by Crippen LogP contribution is 2.35. The summed E-state index contributed by atoms with van der Waals surface area (Å²) >= 11 is 0. The molecule has 1 aromatic rings. The van der Waals surface area contributed by atoms with Crippen molar-refractivity contribution in [3.8, 4) is 5.75 Å². The molecule has 1 amide bonds. The largest absolute Gasteiger partial charge is 0.491 e. The fourth-order valence-corrected chi connectivity index (χ4v) is 1.57. The van der Waals surface area contributed by atoms with Gasteiger partial charge in [0.05, 0.1) is 17.9 Å². The maximum atomic E-state index is 12.8. The number of nitrogens with one attached hydrogen (secondary N) is 1. The molecule has 0 aliphatic carbocycles. The minimum Gasteiger partial charge on any atom is -0.491 e. The number of halogens is 3. The highest BCUT2D eigenvalue weighted by atomic mass is 19.4. The average Bonchev–Trinajstić information content (AvgIpc) is 2.45. The SMILES string of the molecule is C/C=C/C=C/C(=O)Nc1cc(C(F)(F)F)ccc1OCCC. The van der Waals surface area contributed by atoms with Gasteiger partial charge in [0.2, 0.25) is 5.91 Å². The highest BCUT2D eigenvalue weighted by Gasteiger charge is 2.31. The van der Waals surface area contributed by atoms with Gasteiger partial charge in [-0.3, -0.25) is 4.79 Å². The van der Waals surface area contributed by atoms with E-state index in [4.69, 9.17) is 4.74 Å². The fourth-order valence-electron chi connectivity index (χ4n) is 1.57. The van der Waals surface area contributed by atoms with Crippen molar-refractivity contribution in [2.24, 2.45) is 0 Å². The van der Waals surface area contributed by atoms with Gasteiger partial charge in [-0.15, -0.1) is 0 Å². The number of anilines is 1. The van der Waals surface area contributed by atoms with E-state index in [1.165, 1.54) is 18.2 Å². The molecule has 0 aliphatic rings. The molecule has 0 aromatic heterocycles. The standard InChI is InChI=1S/C16H18F3NO2/c1-3-5-6-7-15(21)20-13-11-12(16(17,18)19)8-9-14(13)22-10-4-2/h3,5-9,11H,4,10H2,1-2H3,(H,20,21)/b5-3+,7-6+. The van der Waals surface area contributed by atoms with Gasteiger partial charge in [0, 0.05) is 6.08 Å². The first-order valence-electron chi connectivity index (χ1n) is 6.83. The Labute approximate surface area is 127 Å². The predicted octanol–water partition coefficient (Wildman–Crippen LogP) is 4.57. The summed E-state index contributed by atoms with van der Waals surface area (Å²) in [5.41, 5.74) is -0.845. The molecule has 120 valence electrons. The Kier molecular flexibility index (Phi) is 6.69. The smallest absolute Gasteiger partial charge is 0.416 e. The quantitative estimate of drug-likeness (QED) is 0.617. The van der Waals surface area contributed by atoms with Crippen LogP contribution in [0.15, 0.2) is 42.5 Å². The van der Waals surface area contributed by atoms with Crippen LogP contribution in [0.2, 0.25) is 0 Å². The number of carbonyl (C=O) groups is 1. The molecule has 0 heterocycles. The maximum absolute atomic E-state index is 12.8. The van der Waals surface area contributed by atoms with Crippen LogP contribution in [-0.2, 0) is 11.0 Å². The monoisotopic (exact) mass is 313 g/mol. The molecule has 1 N–H and O–H groups in total. The number of allylic oxidation sites excluding steroid dienone is 3. The number of benzene rings is 1. The summed E-state index contributed by atoms with van der Waals surface area (Å²) in [6.45, 7) is 4.01. The zero-order chi connectivity index (χ0) is 16.6. The molecular formula is C16H18F3NO2. The van der Waals surface area contributed by atoms with E-state index in [-0.39, 0.29) is 11.4 Å². The van der Waals surface area contributed by atoms with E-state index in [0.717, 1.165) is 12.1 Å². The third kappa shape index (κ3) is 5.63. The molecule has 0 atom stereocenters. The predicted molar refractivity (Wildman–Crippen MR) is 79.8 cm³/mol. The molecule has 0 saturated carbocycles. The number of amides is 1. The number of alkyl halides is 3. The van der Waals surface area contributed by atoms with Crippen molar-refractivity contribution < 1.29 is 22.7 Å². The molecule has 0 radical (unpaired) electrons. The third-order valence-electron chi connectivity index (χ3n) is 2.58. The van der Waals surface area contributed by atoms with Crippen LogP contribution in [0.4, 0.5) is 18.9 Å². The number of ether oxygens (including phenoxy) is 1. The first kappa shape index (κ1) is 17.8. The van der Waals surface area contributed by atoms with E-state index in [0.29, 0.717) is 13.0 Å². The summed E-state index contributed by atoms with van der Waals surface area (Å²) in [7, 11) is 0. The summed E-state index contributed by atoms with van der Waals surface area (Å²) in [4.78, 5) is 11.7. The van der Waals surface area contributed by atoms with E-state index in [1.807, 2.05) is 6.92 Å². The number of hydrogen-bond acceptors (Lipinski definition) is 2. The lowest BCUT2D eigenvalue weighted by atomic mass is 10.1. The molecule has 0 saturated heterocycles. The molecule has 1 aromatic carbocycles. The molecule has 22 heavy (non-hydrogen) atoms. The van der Waals surface area contributed by atoms with Crippen molar-refractivity contribution in [3.63, 3.8) is 0 Å². The van der Waals surface area contributed by atoms with Gasteiger partial charge < -0.3 is 10.1 Å². The Morgan fingerprint density at radius 3 is 2.64 bits per heavy atom. The summed E-state index contributed by atoms with van der Waals surface area (Å²) < 4.78 is 43.6. The van der Waals surface area contributed by atoms with Gasteiger partial charge in [0.25, 0.3) is 0 Å². The minimum absolute atomic E-state index is 0.00148. The zero-order valence-corrected chi connectivity index (χ0v) is 12.4. The van der Waals surface area contributed by atoms with Crippen molar-refractivity contribution in [2.45, 2.75) is 26.4 Å². The molecule has 0 bridgehead atoms. The van der Waals surface area contributed by atoms with Gasteiger partial charge in [0.15, 0.2) is 0 Å². The fraction of sp³-hybridized carbons (Fsp3) is 0.312. The molecule has 3 nitrogen and oxygen atoms in total. The Bertz CT molecular complexity index is 563. The Morgan fingerprint density at radius 1 is 1.32 bits per heavy atom. The number of carbonyl (C=O) groups excluding carboxylic acids is 1. The van der Waals surface area contributed by atoms with E-state index < -0.39 is 17.6 Å². The van der Waals surface area contributed by atoms with Gasteiger partial charge in [-0.2, -0.15) is 13.2 Å². The van der Waals surface area contributed by atoms with Crippen LogP contribution in [0, 0.1) is 0 Å². The van der Waals surface area contributed by atoms with Crippen molar-refractivity contribution in [3.05, 3.63) is 48.1 Å². The zero-order valence-electron chi connectivity index (χ0n) is 12.4. The van der Waals surface area contributed by atoms with Crippen LogP contribution >= 0.6 is 0 Å². The van der Waals surface area contributed by atoms with E-state index in [2.05, 4.69) is 5.32 Å². The molecule has 6 heteroatoms. The van der Waals surface area contributed by atoms with Crippen molar-refractivity contribution in [2.75, 3.05) is 11.9 Å². The van der Waals surface area contributed by atoms with Crippen LogP contribution in [0.25, 0.3) is 0 Å². The van der Waals surface area contributed by atoms with E-state index in [1.54, 1.807) is 19.1 Å². The number of hydrogen-bond donors (Lipinski definition) is 1. The number of rotatable bonds is 6. The molecule has 0 spiro atoms. The van der Waals surface area contributed by atoms with Gasteiger partial charge in [0.1, 0.15) is 5.75 Å². The third-order valence-corrected chi connectivity index (χ3v) is 2.58.